The van der Waals surface area contributed by atoms with Crippen LogP contribution in [0, 0.1) is 0 Å². The zero-order valence-electron chi connectivity index (χ0n) is 43.4. The summed E-state index contributed by atoms with van der Waals surface area (Å²) in [5.74, 6) is -1.16. The quantitative estimate of drug-likeness (QED) is 0.0790. The van der Waals surface area contributed by atoms with Crippen LogP contribution >= 0.6 is 29.4 Å². The molecule has 0 N–H and O–H groups in total. The maximum atomic E-state index is 12.3. The van der Waals surface area contributed by atoms with Gasteiger partial charge in [0.25, 0.3) is 0 Å². The fourth-order valence-electron chi connectivity index (χ4n) is 7.60. The van der Waals surface area contributed by atoms with Crippen molar-refractivity contribution in [1.82, 2.24) is 48.6 Å². The van der Waals surface area contributed by atoms with Crippen LogP contribution in [-0.4, -0.2) is 102 Å². The lowest BCUT2D eigenvalue weighted by atomic mass is 9.78. The third-order valence-electron chi connectivity index (χ3n) is 11.5. The highest BCUT2D eigenvalue weighted by molar-refractivity contribution is 9.10. The number of hydrogen-bond donors (Lipinski definition) is 0. The molecule has 0 bridgehead atoms. The molecule has 75 heavy (non-hydrogen) atoms. The van der Waals surface area contributed by atoms with Crippen LogP contribution < -0.4 is 5.46 Å². The van der Waals surface area contributed by atoms with E-state index in [1.807, 2.05) is 141 Å². The van der Waals surface area contributed by atoms with E-state index in [1.165, 1.54) is 23.2 Å². The first kappa shape index (κ1) is 63.4. The molecule has 1 aliphatic heterocycles. The Labute approximate surface area is 464 Å². The molecule has 2 aromatic carbocycles. The lowest BCUT2D eigenvalue weighted by Crippen LogP contribution is -2.41. The minimum atomic E-state index is -0.590. The van der Waals surface area contributed by atoms with Gasteiger partial charge in [0, 0.05) is 83.5 Å². The van der Waals surface area contributed by atoms with Gasteiger partial charge in [-0.1, -0.05) is 33.1 Å². The van der Waals surface area contributed by atoms with Crippen LogP contribution in [-0.2, 0) is 77.9 Å². The number of carbonyl (C=O) groups is 4. The van der Waals surface area contributed by atoms with Crippen molar-refractivity contribution in [1.29, 1.82) is 0 Å². The molecule has 0 radical (unpaired) electrons. The van der Waals surface area contributed by atoms with Gasteiger partial charge in [-0.25, -0.2) is 19.9 Å². The molecular weight excluding hydrogens is 1080 g/mol. The van der Waals surface area contributed by atoms with Gasteiger partial charge in [0.2, 0.25) is 0 Å². The molecule has 7 heterocycles. The van der Waals surface area contributed by atoms with Gasteiger partial charge in [-0.15, -0.1) is 0 Å². The minimum Gasteiger partial charge on any atom is -0.459 e. The summed E-state index contributed by atoms with van der Waals surface area (Å²) in [6, 6.07) is 15.2. The SMILES string of the molecule is C.C.CC(=O)c1nn(CC(=O)OC(C)(C)C)c2ccc(-c3cnc4c(c3)ncn4C)cc12.CC(=O)c1nn(CC(=O)OC(C)(C)C)c2ccc(B3OC(C)(C)C(C)(C)O3)cc12.Cn1cnc2cc(Br)cnc21.S.S=S. The summed E-state index contributed by atoms with van der Waals surface area (Å²) in [4.78, 5) is 66.1. The van der Waals surface area contributed by atoms with Gasteiger partial charge in [-0.3, -0.25) is 28.5 Å². The largest absolute Gasteiger partial charge is 0.494 e. The first-order chi connectivity index (χ1) is 33.6. The number of esters is 2. The number of ketones is 2. The molecule has 0 saturated carbocycles. The van der Waals surface area contributed by atoms with Gasteiger partial charge in [-0.05, 0) is 127 Å². The number of Topliss-reactive ketones (excluding diaryl/α,β-unsaturated/α-hetero) is 2. The Morgan fingerprint density at radius 1 is 0.640 bits per heavy atom. The molecule has 23 heteroatoms. The summed E-state index contributed by atoms with van der Waals surface area (Å²) in [6.45, 7) is 21.6. The van der Waals surface area contributed by atoms with Gasteiger partial charge < -0.3 is 27.9 Å². The van der Waals surface area contributed by atoms with Gasteiger partial charge in [0.15, 0.2) is 22.9 Å². The number of rotatable bonds is 8. The van der Waals surface area contributed by atoms with E-state index in [4.69, 9.17) is 18.8 Å². The number of pyridine rings is 2. The summed E-state index contributed by atoms with van der Waals surface area (Å²) in [6.07, 6.45) is 7.02. The predicted octanol–water partition coefficient (Wildman–Crippen LogP) is 9.52. The average molecular weight is 1150 g/mol. The number of imidazole rings is 2. The number of nitrogens with zero attached hydrogens (tertiary/aromatic N) is 10. The van der Waals surface area contributed by atoms with E-state index in [-0.39, 0.29) is 53.0 Å². The molecule has 1 aliphatic rings. The lowest BCUT2D eigenvalue weighted by molar-refractivity contribution is -0.156. The van der Waals surface area contributed by atoms with Gasteiger partial charge in [0.05, 0.1) is 34.9 Å². The van der Waals surface area contributed by atoms with E-state index in [0.717, 1.165) is 43.4 Å². The highest BCUT2D eigenvalue weighted by Gasteiger charge is 2.51. The van der Waals surface area contributed by atoms with Crippen LogP contribution in [0.3, 0.4) is 0 Å². The number of carbonyl (C=O) groups excluding carboxylic acids is 4. The highest BCUT2D eigenvalue weighted by atomic mass is 79.9. The lowest BCUT2D eigenvalue weighted by Gasteiger charge is -2.32. The van der Waals surface area contributed by atoms with Gasteiger partial charge >= 0.3 is 19.1 Å². The molecule has 0 unspecified atom stereocenters. The second-order valence-electron chi connectivity index (χ2n) is 20.2. The molecule has 0 amide bonds. The Kier molecular flexibility index (Phi) is 21.0. The molecule has 0 atom stereocenters. The van der Waals surface area contributed by atoms with E-state index in [1.54, 1.807) is 25.0 Å². The summed E-state index contributed by atoms with van der Waals surface area (Å²) in [5.41, 5.74) is 5.91. The second kappa shape index (κ2) is 24.9. The smallest absolute Gasteiger partial charge is 0.459 e. The van der Waals surface area contributed by atoms with Crippen LogP contribution in [0.15, 0.2) is 78.1 Å². The van der Waals surface area contributed by atoms with E-state index >= 15 is 0 Å². The maximum absolute atomic E-state index is 12.3. The van der Waals surface area contributed by atoms with Crippen molar-refractivity contribution in [3.63, 3.8) is 0 Å². The Hall–Kier alpha value is -5.85. The number of aryl methyl sites for hydroxylation is 2. The third-order valence-corrected chi connectivity index (χ3v) is 12.0. The molecule has 8 aromatic rings. The van der Waals surface area contributed by atoms with E-state index in [2.05, 4.69) is 68.4 Å². The summed E-state index contributed by atoms with van der Waals surface area (Å²) in [5, 5.41) is 10.1. The summed E-state index contributed by atoms with van der Waals surface area (Å²) >= 11 is 10.7. The second-order valence-corrected chi connectivity index (χ2v) is 21.1. The monoisotopic (exact) mass is 1150 g/mol. The van der Waals surface area contributed by atoms with Crippen LogP contribution in [0.1, 0.15) is 119 Å². The zero-order chi connectivity index (χ0) is 53.2. The fourth-order valence-corrected chi connectivity index (χ4v) is 7.92. The standard InChI is InChI=1S/C22H23N5O3.C21H29BN2O5.C7H6BrN3.2CH4.S2.H2S/c1-13(28)20-16-8-14(15-9-17-21(23-10-15)26(5)12-24-17)6-7-18(16)27(25-20)11-19(29)30-22(2,3)4;1-13(25)18-15-11-14(22-28-20(5,6)21(7,8)29-22)9-10-16(15)24(23-18)12-17(26)27-19(2,3)4;1-11-4-10-6-2-5(8)3-9-7(6)11;;;1-2;/h6-10,12H,11H2,1-5H3;9-11H,12H2,1-8H3;2-4H,1H3;2*1H4;;1H2. The maximum Gasteiger partial charge on any atom is 0.494 e. The van der Waals surface area contributed by atoms with Crippen LogP contribution in [0.5, 0.6) is 0 Å². The van der Waals surface area contributed by atoms with E-state index in [9.17, 15) is 19.2 Å². The van der Waals surface area contributed by atoms with Crippen molar-refractivity contribution in [2.45, 2.75) is 133 Å². The number of aromatic nitrogens is 10. The molecule has 0 aliphatic carbocycles. The first-order valence-electron chi connectivity index (χ1n) is 22.8. The highest BCUT2D eigenvalue weighted by Crippen LogP contribution is 2.37. The van der Waals surface area contributed by atoms with E-state index in [0.29, 0.717) is 33.2 Å². The Balaban J connectivity index is 0.000000310. The van der Waals surface area contributed by atoms with Crippen LogP contribution in [0.2, 0.25) is 0 Å². The summed E-state index contributed by atoms with van der Waals surface area (Å²) < 4.78 is 30.8. The number of hydrogen-bond acceptors (Lipinski definition) is 16. The minimum absolute atomic E-state index is 0. The van der Waals surface area contributed by atoms with Crippen LogP contribution in [0.25, 0.3) is 55.3 Å². The number of halogens is 1. The molecule has 1 fully saturated rings. The number of benzene rings is 2. The fraction of sp³-hybridized carbons (Fsp3) is 0.423. The topological polar surface area (TPSA) is 202 Å². The Morgan fingerprint density at radius 2 is 1.07 bits per heavy atom. The molecule has 6 aromatic heterocycles. The van der Waals surface area contributed by atoms with Crippen LogP contribution in [0.4, 0.5) is 0 Å². The van der Waals surface area contributed by atoms with Crippen molar-refractivity contribution in [3.05, 3.63) is 89.4 Å². The Bertz CT molecular complexity index is 3340. The van der Waals surface area contributed by atoms with Crippen molar-refractivity contribution in [2.24, 2.45) is 14.1 Å². The van der Waals surface area contributed by atoms with Gasteiger partial charge in [-0.2, -0.15) is 23.7 Å². The molecule has 402 valence electrons. The van der Waals surface area contributed by atoms with E-state index < -0.39 is 41.5 Å². The van der Waals surface area contributed by atoms with Crippen molar-refractivity contribution < 1.29 is 38.0 Å². The summed E-state index contributed by atoms with van der Waals surface area (Å²) in [7, 11) is 3.28. The normalized spacial score (nSPS) is 13.5. The number of fused-ring (bicyclic) bond motifs is 4. The average Bonchev–Trinajstić information content (AvgIpc) is 4.08. The number of ether oxygens (including phenoxy) is 2. The Morgan fingerprint density at radius 3 is 1.52 bits per heavy atom. The molecule has 0 spiro atoms. The third kappa shape index (κ3) is 15.0. The predicted molar refractivity (Wildman–Crippen MR) is 309 cm³/mol. The van der Waals surface area contributed by atoms with Crippen molar-refractivity contribution in [2.75, 3.05) is 0 Å². The first-order valence-corrected chi connectivity index (χ1v) is 24.9. The molecule has 18 nitrogen and oxygen atoms in total. The molecule has 9 rings (SSSR count). The van der Waals surface area contributed by atoms with Crippen molar-refractivity contribution in [3.8, 4) is 11.1 Å². The molecule has 1 saturated heterocycles. The zero-order valence-corrected chi connectivity index (χ0v) is 47.6. The molecular formula is C52H68BBrN10O8S3. The van der Waals surface area contributed by atoms with Crippen molar-refractivity contribution >= 4 is 132 Å². The van der Waals surface area contributed by atoms with Gasteiger partial charge in [0.1, 0.15) is 46.7 Å².